The fourth-order valence-electron chi connectivity index (χ4n) is 2.57. The molecule has 1 saturated carbocycles. The summed E-state index contributed by atoms with van der Waals surface area (Å²) in [5, 5.41) is 11.6. The molecule has 112 valence electrons. The molecule has 0 bridgehead atoms. The monoisotopic (exact) mass is 291 g/mol. The first-order chi connectivity index (χ1) is 10.2. The molecule has 2 rings (SSSR count). The van der Waals surface area contributed by atoms with Crippen LogP contribution in [0.3, 0.4) is 0 Å². The fraction of sp³-hybridized carbons (Fsp3) is 0.438. The maximum Gasteiger partial charge on any atom is 0.252 e. The predicted octanol–water partition coefficient (Wildman–Crippen LogP) is 1.47. The van der Waals surface area contributed by atoms with Crippen LogP contribution in [-0.2, 0) is 4.74 Å². The highest BCUT2D eigenvalue weighted by molar-refractivity contribution is 5.97. The maximum atomic E-state index is 13.4. The van der Waals surface area contributed by atoms with Crippen LogP contribution < -0.4 is 5.32 Å². The third-order valence-electron chi connectivity index (χ3n) is 3.60. The van der Waals surface area contributed by atoms with Crippen molar-refractivity contribution in [1.82, 2.24) is 5.32 Å². The second kappa shape index (κ2) is 7.21. The van der Waals surface area contributed by atoms with Crippen LogP contribution in [0, 0.1) is 17.7 Å². The Hall–Kier alpha value is -1.90. The molecule has 0 heterocycles. The number of hydrogen-bond acceptors (Lipinski definition) is 3. The Bertz CT molecular complexity index is 577. The Labute approximate surface area is 123 Å². The number of aliphatic hydroxyl groups excluding tert-OH is 1. The average Bonchev–Trinajstić information content (AvgIpc) is 2.93. The summed E-state index contributed by atoms with van der Waals surface area (Å²) in [6, 6.07) is 3.78. The van der Waals surface area contributed by atoms with Crippen molar-refractivity contribution in [2.24, 2.45) is 0 Å². The summed E-state index contributed by atoms with van der Waals surface area (Å²) in [6.07, 6.45) is 2.73. The Kier molecular flexibility index (Phi) is 5.32. The molecule has 0 saturated heterocycles. The van der Waals surface area contributed by atoms with E-state index in [0.717, 1.165) is 25.3 Å². The first kappa shape index (κ1) is 15.5. The number of aliphatic hydroxyl groups is 1. The molecule has 1 aliphatic rings. The third kappa shape index (κ3) is 3.81. The molecule has 0 aromatic heterocycles. The zero-order valence-electron chi connectivity index (χ0n) is 11.9. The molecule has 0 aliphatic heterocycles. The van der Waals surface area contributed by atoms with Gasteiger partial charge in [-0.1, -0.05) is 11.8 Å². The van der Waals surface area contributed by atoms with Gasteiger partial charge in [0, 0.05) is 12.7 Å². The van der Waals surface area contributed by atoms with Crippen LogP contribution in [-0.4, -0.2) is 36.9 Å². The number of benzene rings is 1. The van der Waals surface area contributed by atoms with E-state index in [1.165, 1.54) is 12.1 Å². The minimum atomic E-state index is -0.496. The second-order valence-electron chi connectivity index (χ2n) is 4.93. The highest BCUT2D eigenvalue weighted by Gasteiger charge is 2.29. The van der Waals surface area contributed by atoms with Gasteiger partial charge in [0.1, 0.15) is 12.4 Å². The van der Waals surface area contributed by atoms with E-state index < -0.39 is 5.82 Å². The maximum absolute atomic E-state index is 13.4. The van der Waals surface area contributed by atoms with Gasteiger partial charge in [0.25, 0.3) is 5.91 Å². The molecule has 1 aromatic carbocycles. The van der Waals surface area contributed by atoms with E-state index in [-0.39, 0.29) is 30.2 Å². The second-order valence-corrected chi connectivity index (χ2v) is 4.93. The fourth-order valence-corrected chi connectivity index (χ4v) is 2.57. The number of carbonyl (C=O) groups excluding carboxylic acids is 1. The SMILES string of the molecule is COC1CCCC1NC(=O)c1cc(F)ccc1C#CCO. The molecule has 2 atom stereocenters. The lowest BCUT2D eigenvalue weighted by Gasteiger charge is -2.20. The number of methoxy groups -OCH3 is 1. The van der Waals surface area contributed by atoms with Gasteiger partial charge < -0.3 is 15.2 Å². The molecule has 0 radical (unpaired) electrons. The molecule has 2 unspecified atom stereocenters. The van der Waals surface area contributed by atoms with Gasteiger partial charge in [-0.15, -0.1) is 0 Å². The summed E-state index contributed by atoms with van der Waals surface area (Å²) in [4.78, 5) is 12.3. The Balaban J connectivity index is 2.20. The van der Waals surface area contributed by atoms with Crippen LogP contribution in [0.1, 0.15) is 35.2 Å². The Morgan fingerprint density at radius 1 is 1.52 bits per heavy atom. The van der Waals surface area contributed by atoms with Crippen LogP contribution in [0.2, 0.25) is 0 Å². The van der Waals surface area contributed by atoms with Crippen molar-refractivity contribution >= 4 is 5.91 Å². The van der Waals surface area contributed by atoms with Crippen molar-refractivity contribution in [3.05, 3.63) is 35.1 Å². The summed E-state index contributed by atoms with van der Waals surface area (Å²) >= 11 is 0. The van der Waals surface area contributed by atoms with Crippen LogP contribution in [0.4, 0.5) is 4.39 Å². The van der Waals surface area contributed by atoms with Crippen LogP contribution in [0.25, 0.3) is 0 Å². The Morgan fingerprint density at radius 2 is 2.33 bits per heavy atom. The minimum Gasteiger partial charge on any atom is -0.384 e. The lowest BCUT2D eigenvalue weighted by molar-refractivity contribution is 0.0722. The first-order valence-corrected chi connectivity index (χ1v) is 6.88. The quantitative estimate of drug-likeness (QED) is 0.829. The van der Waals surface area contributed by atoms with Crippen molar-refractivity contribution in [1.29, 1.82) is 0 Å². The molecule has 1 aliphatic carbocycles. The van der Waals surface area contributed by atoms with Crippen molar-refractivity contribution in [2.45, 2.75) is 31.4 Å². The summed E-state index contributed by atoms with van der Waals surface area (Å²) < 4.78 is 18.7. The molecular formula is C16H18FNO3. The van der Waals surface area contributed by atoms with E-state index in [1.807, 2.05) is 0 Å². The van der Waals surface area contributed by atoms with Crippen LogP contribution in [0.5, 0.6) is 0 Å². The number of ether oxygens (including phenoxy) is 1. The number of amides is 1. The molecule has 0 spiro atoms. The van der Waals surface area contributed by atoms with E-state index in [4.69, 9.17) is 9.84 Å². The average molecular weight is 291 g/mol. The molecule has 1 fully saturated rings. The van der Waals surface area contributed by atoms with E-state index in [1.54, 1.807) is 7.11 Å². The highest BCUT2D eigenvalue weighted by Crippen LogP contribution is 2.22. The number of hydrogen-bond donors (Lipinski definition) is 2. The summed E-state index contributed by atoms with van der Waals surface area (Å²) in [7, 11) is 1.62. The van der Waals surface area contributed by atoms with Gasteiger partial charge in [0.05, 0.1) is 17.7 Å². The number of nitrogens with one attached hydrogen (secondary N) is 1. The van der Waals surface area contributed by atoms with Crippen molar-refractivity contribution in [3.8, 4) is 11.8 Å². The summed E-state index contributed by atoms with van der Waals surface area (Å²) in [5.74, 6) is 4.27. The van der Waals surface area contributed by atoms with Gasteiger partial charge in [-0.2, -0.15) is 0 Å². The van der Waals surface area contributed by atoms with E-state index in [9.17, 15) is 9.18 Å². The summed E-state index contributed by atoms with van der Waals surface area (Å²) in [5.41, 5.74) is 0.576. The minimum absolute atomic E-state index is 0.00511. The predicted molar refractivity (Wildman–Crippen MR) is 76.3 cm³/mol. The zero-order valence-corrected chi connectivity index (χ0v) is 11.9. The molecule has 4 nitrogen and oxygen atoms in total. The normalized spacial score (nSPS) is 20.7. The lowest BCUT2D eigenvalue weighted by atomic mass is 10.1. The van der Waals surface area contributed by atoms with Gasteiger partial charge in [-0.25, -0.2) is 4.39 Å². The topological polar surface area (TPSA) is 58.6 Å². The van der Waals surface area contributed by atoms with E-state index >= 15 is 0 Å². The van der Waals surface area contributed by atoms with Gasteiger partial charge in [0.2, 0.25) is 0 Å². The summed E-state index contributed by atoms with van der Waals surface area (Å²) in [6.45, 7) is -0.313. The van der Waals surface area contributed by atoms with Gasteiger partial charge >= 0.3 is 0 Å². The number of carbonyl (C=O) groups is 1. The Morgan fingerprint density at radius 3 is 3.05 bits per heavy atom. The molecule has 1 aromatic rings. The zero-order chi connectivity index (χ0) is 15.2. The molecule has 5 heteroatoms. The molecule has 2 N–H and O–H groups in total. The highest BCUT2D eigenvalue weighted by atomic mass is 19.1. The van der Waals surface area contributed by atoms with Gasteiger partial charge in [-0.05, 0) is 37.5 Å². The van der Waals surface area contributed by atoms with Crippen LogP contribution >= 0.6 is 0 Å². The van der Waals surface area contributed by atoms with Crippen molar-refractivity contribution in [3.63, 3.8) is 0 Å². The smallest absolute Gasteiger partial charge is 0.252 e. The molecule has 1 amide bonds. The lowest BCUT2D eigenvalue weighted by Crippen LogP contribution is -2.41. The largest absolute Gasteiger partial charge is 0.384 e. The van der Waals surface area contributed by atoms with Crippen molar-refractivity contribution in [2.75, 3.05) is 13.7 Å². The molecule has 21 heavy (non-hydrogen) atoms. The van der Waals surface area contributed by atoms with Gasteiger partial charge in [-0.3, -0.25) is 4.79 Å². The van der Waals surface area contributed by atoms with Crippen LogP contribution in [0.15, 0.2) is 18.2 Å². The first-order valence-electron chi connectivity index (χ1n) is 6.88. The van der Waals surface area contributed by atoms with Gasteiger partial charge in [0.15, 0.2) is 0 Å². The standard InChI is InChI=1S/C16H18FNO3/c1-21-15-6-2-5-14(15)18-16(20)13-10-12(17)8-7-11(13)4-3-9-19/h7-8,10,14-15,19H,2,5-6,9H2,1H3,(H,18,20). The molecular weight excluding hydrogens is 273 g/mol. The van der Waals surface area contributed by atoms with Crippen molar-refractivity contribution < 1.29 is 19.0 Å². The number of rotatable bonds is 3. The van der Waals surface area contributed by atoms with E-state index in [0.29, 0.717) is 5.56 Å². The third-order valence-corrected chi connectivity index (χ3v) is 3.60. The number of halogens is 1. The van der Waals surface area contributed by atoms with E-state index in [2.05, 4.69) is 17.2 Å².